The fraction of sp³-hybridized carbons (Fsp3) is 0.500. The van der Waals surface area contributed by atoms with Gasteiger partial charge in [0, 0.05) is 18.7 Å². The molecule has 0 aliphatic carbocycles. The van der Waals surface area contributed by atoms with E-state index in [-0.39, 0.29) is 5.91 Å². The Morgan fingerprint density at radius 2 is 2.35 bits per heavy atom. The Morgan fingerprint density at radius 3 is 3.06 bits per heavy atom. The van der Waals surface area contributed by atoms with Crippen molar-refractivity contribution in [1.29, 1.82) is 0 Å². The lowest BCUT2D eigenvalue weighted by Crippen LogP contribution is -2.30. The molecule has 3 nitrogen and oxygen atoms in total. The Morgan fingerprint density at radius 1 is 1.53 bits per heavy atom. The Kier molecular flexibility index (Phi) is 3.79. The molecule has 0 saturated carbocycles. The van der Waals surface area contributed by atoms with Crippen molar-refractivity contribution in [2.24, 2.45) is 5.92 Å². The summed E-state index contributed by atoms with van der Waals surface area (Å²) in [5, 5.41) is 3.18. The Bertz CT molecular complexity index is 403. The third-order valence-corrected chi connectivity index (χ3v) is 3.33. The number of aryl methyl sites for hydroxylation is 1. The van der Waals surface area contributed by atoms with Crippen molar-refractivity contribution in [3.05, 3.63) is 35.4 Å². The first kappa shape index (κ1) is 12.1. The molecule has 1 aromatic rings. The van der Waals surface area contributed by atoms with Crippen molar-refractivity contribution >= 4 is 5.91 Å². The minimum Gasteiger partial charge on any atom is -0.338 e. The number of benzene rings is 1. The molecule has 17 heavy (non-hydrogen) atoms. The number of rotatable bonds is 3. The van der Waals surface area contributed by atoms with Crippen LogP contribution in [0.4, 0.5) is 0 Å². The van der Waals surface area contributed by atoms with Gasteiger partial charge < -0.3 is 10.2 Å². The summed E-state index contributed by atoms with van der Waals surface area (Å²) in [6.07, 6.45) is 1.11. The molecule has 1 atom stereocenters. The van der Waals surface area contributed by atoms with Crippen molar-refractivity contribution in [1.82, 2.24) is 10.2 Å². The second-order valence-electron chi connectivity index (χ2n) is 4.83. The highest BCUT2D eigenvalue weighted by Crippen LogP contribution is 2.18. The van der Waals surface area contributed by atoms with Gasteiger partial charge in [0.15, 0.2) is 0 Å². The smallest absolute Gasteiger partial charge is 0.253 e. The van der Waals surface area contributed by atoms with Crippen LogP contribution in [0.25, 0.3) is 0 Å². The first-order chi connectivity index (χ1) is 8.20. The van der Waals surface area contributed by atoms with Crippen LogP contribution >= 0.6 is 0 Å². The summed E-state index contributed by atoms with van der Waals surface area (Å²) in [5.74, 6) is 0.779. The zero-order valence-electron chi connectivity index (χ0n) is 10.6. The summed E-state index contributed by atoms with van der Waals surface area (Å²) in [7, 11) is 1.96. The largest absolute Gasteiger partial charge is 0.338 e. The van der Waals surface area contributed by atoms with Crippen molar-refractivity contribution in [3.8, 4) is 0 Å². The van der Waals surface area contributed by atoms with Crippen LogP contribution in [-0.4, -0.2) is 37.5 Å². The molecule has 1 saturated heterocycles. The summed E-state index contributed by atoms with van der Waals surface area (Å²) in [4.78, 5) is 14.2. The first-order valence-electron chi connectivity index (χ1n) is 6.21. The van der Waals surface area contributed by atoms with E-state index in [2.05, 4.69) is 5.32 Å². The standard InChI is InChI=1S/C14H20N2O/c1-11-4-3-5-13(8-11)14(17)16-7-6-12(10-16)9-15-2/h3-5,8,12,15H,6-7,9-10H2,1-2H3/t12-/m1/s1. The fourth-order valence-corrected chi connectivity index (χ4v) is 2.43. The van der Waals surface area contributed by atoms with Gasteiger partial charge in [0.2, 0.25) is 0 Å². The molecule has 1 aliphatic rings. The number of nitrogens with zero attached hydrogens (tertiary/aromatic N) is 1. The second-order valence-corrected chi connectivity index (χ2v) is 4.83. The minimum atomic E-state index is 0.173. The van der Waals surface area contributed by atoms with E-state index in [1.165, 1.54) is 0 Å². The number of carbonyl (C=O) groups excluding carboxylic acids is 1. The first-order valence-corrected chi connectivity index (χ1v) is 6.21. The van der Waals surface area contributed by atoms with Gasteiger partial charge in [-0.25, -0.2) is 0 Å². The maximum Gasteiger partial charge on any atom is 0.253 e. The molecular formula is C14H20N2O. The number of hydrogen-bond acceptors (Lipinski definition) is 2. The van der Waals surface area contributed by atoms with E-state index < -0.39 is 0 Å². The molecule has 1 fully saturated rings. The number of hydrogen-bond donors (Lipinski definition) is 1. The van der Waals surface area contributed by atoms with Crippen LogP contribution in [0.5, 0.6) is 0 Å². The van der Waals surface area contributed by atoms with Crippen molar-refractivity contribution in [2.45, 2.75) is 13.3 Å². The minimum absolute atomic E-state index is 0.173. The molecule has 0 aromatic heterocycles. The molecule has 2 rings (SSSR count). The molecule has 0 bridgehead atoms. The molecule has 1 aliphatic heterocycles. The monoisotopic (exact) mass is 232 g/mol. The Labute approximate surface area is 103 Å². The van der Waals surface area contributed by atoms with Crippen molar-refractivity contribution in [2.75, 3.05) is 26.7 Å². The molecule has 0 radical (unpaired) electrons. The lowest BCUT2D eigenvalue weighted by Gasteiger charge is -2.16. The average Bonchev–Trinajstić information content (AvgIpc) is 2.77. The lowest BCUT2D eigenvalue weighted by molar-refractivity contribution is 0.0787. The van der Waals surface area contributed by atoms with E-state index in [1.54, 1.807) is 0 Å². The van der Waals surface area contributed by atoms with E-state index in [9.17, 15) is 4.79 Å². The van der Waals surface area contributed by atoms with Gasteiger partial charge in [0.25, 0.3) is 5.91 Å². The van der Waals surface area contributed by atoms with Gasteiger partial charge in [-0.15, -0.1) is 0 Å². The predicted octanol–water partition coefficient (Wildman–Crippen LogP) is 1.68. The van der Waals surface area contributed by atoms with Crippen molar-refractivity contribution < 1.29 is 4.79 Å². The lowest BCUT2D eigenvalue weighted by atomic mass is 10.1. The van der Waals surface area contributed by atoms with Gasteiger partial charge in [0.1, 0.15) is 0 Å². The highest BCUT2D eigenvalue weighted by Gasteiger charge is 2.26. The highest BCUT2D eigenvalue weighted by molar-refractivity contribution is 5.94. The third kappa shape index (κ3) is 2.86. The van der Waals surface area contributed by atoms with E-state index in [1.807, 2.05) is 43.1 Å². The average molecular weight is 232 g/mol. The van der Waals surface area contributed by atoms with Gasteiger partial charge in [-0.1, -0.05) is 17.7 Å². The third-order valence-electron chi connectivity index (χ3n) is 3.33. The molecule has 92 valence electrons. The van der Waals surface area contributed by atoms with Crippen LogP contribution in [-0.2, 0) is 0 Å². The fourth-order valence-electron chi connectivity index (χ4n) is 2.43. The number of amides is 1. The molecule has 1 amide bonds. The van der Waals surface area contributed by atoms with Gasteiger partial charge >= 0.3 is 0 Å². The predicted molar refractivity (Wildman–Crippen MR) is 69.1 cm³/mol. The van der Waals surface area contributed by atoms with Crippen LogP contribution in [0, 0.1) is 12.8 Å². The zero-order valence-corrected chi connectivity index (χ0v) is 10.6. The maximum atomic E-state index is 12.3. The normalized spacial score (nSPS) is 19.6. The van der Waals surface area contributed by atoms with Crippen LogP contribution in [0.2, 0.25) is 0 Å². The Hall–Kier alpha value is -1.35. The van der Waals surface area contributed by atoms with Crippen LogP contribution < -0.4 is 5.32 Å². The van der Waals surface area contributed by atoms with E-state index >= 15 is 0 Å². The van der Waals surface area contributed by atoms with Crippen LogP contribution in [0.15, 0.2) is 24.3 Å². The molecule has 0 unspecified atom stereocenters. The zero-order chi connectivity index (χ0) is 12.3. The van der Waals surface area contributed by atoms with Crippen molar-refractivity contribution in [3.63, 3.8) is 0 Å². The summed E-state index contributed by atoms with van der Waals surface area (Å²) < 4.78 is 0. The summed E-state index contributed by atoms with van der Waals surface area (Å²) in [6.45, 7) is 4.79. The molecular weight excluding hydrogens is 212 g/mol. The number of likely N-dealkylation sites (tertiary alicyclic amines) is 1. The highest BCUT2D eigenvalue weighted by atomic mass is 16.2. The molecule has 1 aromatic carbocycles. The van der Waals surface area contributed by atoms with Gasteiger partial charge in [-0.05, 0) is 45.0 Å². The van der Waals surface area contributed by atoms with E-state index in [0.29, 0.717) is 5.92 Å². The second kappa shape index (κ2) is 5.32. The Balaban J connectivity index is 2.02. The van der Waals surface area contributed by atoms with E-state index in [0.717, 1.165) is 37.2 Å². The van der Waals surface area contributed by atoms with Gasteiger partial charge in [0.05, 0.1) is 0 Å². The van der Waals surface area contributed by atoms with Gasteiger partial charge in [-0.2, -0.15) is 0 Å². The maximum absolute atomic E-state index is 12.3. The summed E-state index contributed by atoms with van der Waals surface area (Å²) in [6, 6.07) is 7.84. The molecule has 0 spiro atoms. The molecule has 1 N–H and O–H groups in total. The number of nitrogens with one attached hydrogen (secondary N) is 1. The number of carbonyl (C=O) groups is 1. The molecule has 1 heterocycles. The van der Waals surface area contributed by atoms with E-state index in [4.69, 9.17) is 0 Å². The quantitative estimate of drug-likeness (QED) is 0.860. The van der Waals surface area contributed by atoms with Gasteiger partial charge in [-0.3, -0.25) is 4.79 Å². The SMILES string of the molecule is CNC[C@H]1CCN(C(=O)c2cccc(C)c2)C1. The topological polar surface area (TPSA) is 32.3 Å². The molecule has 3 heteroatoms. The summed E-state index contributed by atoms with van der Waals surface area (Å²) >= 11 is 0. The summed E-state index contributed by atoms with van der Waals surface area (Å²) in [5.41, 5.74) is 1.96. The van der Waals surface area contributed by atoms with Crippen LogP contribution in [0.1, 0.15) is 22.3 Å². The van der Waals surface area contributed by atoms with Crippen LogP contribution in [0.3, 0.4) is 0 Å².